The Morgan fingerprint density at radius 1 is 0.852 bits per heavy atom. The second-order valence-corrected chi connectivity index (χ2v) is 6.02. The van der Waals surface area contributed by atoms with Crippen LogP contribution in [0.4, 0.5) is 0 Å². The van der Waals surface area contributed by atoms with Crippen LogP contribution in [0.5, 0.6) is 0 Å². The molecule has 3 nitrogen and oxygen atoms in total. The Bertz CT molecular complexity index is 659. The van der Waals surface area contributed by atoms with E-state index in [4.69, 9.17) is 15.9 Å². The fraction of sp³-hybridized carbons (Fsp3) is 0.300. The topological polar surface area (TPSA) is 64.3 Å². The largest absolute Gasteiger partial charge is 0.126 e. The summed E-state index contributed by atoms with van der Waals surface area (Å²) in [5.41, 5.74) is 6.69. The zero-order valence-corrected chi connectivity index (χ0v) is 21.4. The number of hydrogen-bond acceptors (Lipinski definition) is 2. The van der Waals surface area contributed by atoms with Gasteiger partial charge in [0.25, 0.3) is 0 Å². The van der Waals surface area contributed by atoms with Crippen LogP contribution in [0.25, 0.3) is 27.3 Å². The van der Waals surface area contributed by atoms with Gasteiger partial charge in [0.2, 0.25) is 0 Å². The van der Waals surface area contributed by atoms with E-state index in [0.717, 1.165) is 0 Å². The van der Waals surface area contributed by atoms with Crippen molar-refractivity contribution in [2.75, 3.05) is 13.2 Å². The number of rotatable bonds is 1. The number of benzene rings is 2. The predicted octanol–water partition coefficient (Wildman–Crippen LogP) is 5.43. The molecule has 0 aliphatic heterocycles. The molecule has 0 aliphatic carbocycles. The van der Waals surface area contributed by atoms with Crippen molar-refractivity contribution in [3.8, 4) is 0 Å². The first kappa shape index (κ1) is 34.4. The van der Waals surface area contributed by atoms with E-state index in [1.54, 1.807) is 0 Å². The summed E-state index contributed by atoms with van der Waals surface area (Å²) in [7, 11) is 0. The molecule has 0 fully saturated rings. The van der Waals surface area contributed by atoms with Gasteiger partial charge in [-0.15, -0.1) is 70.1 Å². The minimum atomic E-state index is -0.250. The summed E-state index contributed by atoms with van der Waals surface area (Å²) in [5, 5.41) is 20.6. The summed E-state index contributed by atoms with van der Waals surface area (Å²) in [5.74, 6) is 0. The van der Waals surface area contributed by atoms with E-state index in [9.17, 15) is 0 Å². The van der Waals surface area contributed by atoms with Crippen molar-refractivity contribution in [2.45, 2.75) is 26.3 Å². The first-order valence-electron chi connectivity index (χ1n) is 7.61. The summed E-state index contributed by atoms with van der Waals surface area (Å²) >= 11 is 1.36. The molecule has 3 aromatic carbocycles. The molecule has 0 aliphatic rings. The molecule has 0 saturated carbocycles. The molecule has 0 bridgehead atoms. The van der Waals surface area contributed by atoms with Gasteiger partial charge in [-0.05, 0) is 0 Å². The SMILES string of the molecule is CC(C)(C)[NH-].Cl.Cl.OCCO.[CH3-].[Si]=[Zr].c1ccc2c(c1)[cH-]c1ccccc12. The molecule has 0 spiro atoms. The fourth-order valence-corrected chi connectivity index (χ4v) is 1.90. The van der Waals surface area contributed by atoms with Crippen LogP contribution in [-0.4, -0.2) is 35.8 Å². The van der Waals surface area contributed by atoms with E-state index in [1.807, 2.05) is 20.8 Å². The maximum atomic E-state index is 7.62. The van der Waals surface area contributed by atoms with Crippen molar-refractivity contribution in [3.05, 3.63) is 67.8 Å². The molecule has 0 aromatic heterocycles. The minimum Gasteiger partial charge on any atom is -0.126 e. The number of nitrogens with one attached hydrogen (secondary N) is 1. The zero-order chi connectivity index (χ0) is 18.6. The maximum absolute atomic E-state index is 7.62. The quantitative estimate of drug-likeness (QED) is 0.341. The van der Waals surface area contributed by atoms with E-state index in [0.29, 0.717) is 0 Å². The number of aliphatic hydroxyl groups excluding tert-OH is 2. The molecule has 0 saturated heterocycles. The first-order chi connectivity index (χ1) is 11.4. The summed E-state index contributed by atoms with van der Waals surface area (Å²) in [6.07, 6.45) is 0. The minimum absolute atomic E-state index is 0. The molecular weight excluding hydrogens is 476 g/mol. The second kappa shape index (κ2) is 19.2. The third-order valence-electron chi connectivity index (χ3n) is 2.62. The molecular formula is C20H30Cl2NO2SiZr-3. The smallest absolute Gasteiger partial charge is 0.0771 e. The Morgan fingerprint density at radius 2 is 1.11 bits per heavy atom. The van der Waals surface area contributed by atoms with Gasteiger partial charge in [0.1, 0.15) is 0 Å². The van der Waals surface area contributed by atoms with Crippen LogP contribution in [0.1, 0.15) is 20.8 Å². The Labute approximate surface area is 193 Å². The van der Waals surface area contributed by atoms with E-state index in [1.165, 1.54) is 44.9 Å². The fourth-order valence-electron chi connectivity index (χ4n) is 1.90. The average molecular weight is 507 g/mol. The monoisotopic (exact) mass is 504 g/mol. The number of fused-ring (bicyclic) bond motifs is 3. The van der Waals surface area contributed by atoms with E-state index < -0.39 is 0 Å². The molecule has 0 amide bonds. The van der Waals surface area contributed by atoms with Crippen molar-refractivity contribution in [2.24, 2.45) is 0 Å². The molecule has 0 atom stereocenters. The number of hydrogen-bond donors (Lipinski definition) is 2. The summed E-state index contributed by atoms with van der Waals surface area (Å²) in [4.78, 5) is 0. The second-order valence-electron chi connectivity index (χ2n) is 6.02. The van der Waals surface area contributed by atoms with Gasteiger partial charge in [-0.3, -0.25) is 0 Å². The zero-order valence-electron chi connectivity index (χ0n) is 16.3. The molecule has 3 rings (SSSR count). The number of halogens is 2. The third kappa shape index (κ3) is 15.5. The van der Waals surface area contributed by atoms with Crippen LogP contribution in [0.2, 0.25) is 0 Å². The Kier molecular flexibility index (Phi) is 24.4. The summed E-state index contributed by atoms with van der Waals surface area (Å²) in [6.45, 7) is 8.37. The van der Waals surface area contributed by atoms with Crippen molar-refractivity contribution in [3.63, 3.8) is 0 Å². The van der Waals surface area contributed by atoms with Gasteiger partial charge in [0, 0.05) is 0 Å². The molecule has 2 radical (unpaired) electrons. The molecule has 3 aromatic rings. The van der Waals surface area contributed by atoms with Crippen LogP contribution in [-0.2, 0) is 23.3 Å². The van der Waals surface area contributed by atoms with Gasteiger partial charge in [-0.25, -0.2) is 0 Å². The Balaban J connectivity index is -0.000000164. The van der Waals surface area contributed by atoms with Crippen LogP contribution >= 0.6 is 24.8 Å². The van der Waals surface area contributed by atoms with Crippen molar-refractivity contribution >= 4 is 53.2 Å². The van der Waals surface area contributed by atoms with E-state index in [-0.39, 0.29) is 51.0 Å². The summed E-state index contributed by atoms with van der Waals surface area (Å²) < 4.78 is 0. The van der Waals surface area contributed by atoms with Gasteiger partial charge in [-0.1, -0.05) is 57.2 Å². The molecule has 0 heterocycles. The Hall–Kier alpha value is -0.130. The van der Waals surface area contributed by atoms with Gasteiger partial charge < -0.3 is 23.4 Å². The molecule has 27 heavy (non-hydrogen) atoms. The molecule has 7 heteroatoms. The van der Waals surface area contributed by atoms with Crippen LogP contribution in [0.15, 0.2) is 54.6 Å². The van der Waals surface area contributed by atoms with Crippen LogP contribution in [0, 0.1) is 7.43 Å². The normalized spacial score (nSPS) is 8.78. The van der Waals surface area contributed by atoms with Crippen molar-refractivity contribution < 1.29 is 33.5 Å². The molecule has 3 N–H and O–H groups in total. The van der Waals surface area contributed by atoms with Crippen LogP contribution < -0.4 is 0 Å². The third-order valence-corrected chi connectivity index (χ3v) is 2.62. The van der Waals surface area contributed by atoms with Gasteiger partial charge >= 0.3 is 30.2 Å². The maximum Gasteiger partial charge on any atom is -0.0771 e. The summed E-state index contributed by atoms with van der Waals surface area (Å²) in [6, 6.07) is 19.3. The first-order valence-corrected chi connectivity index (χ1v) is 11.8. The Morgan fingerprint density at radius 3 is 1.37 bits per heavy atom. The van der Waals surface area contributed by atoms with Crippen LogP contribution in [0.3, 0.4) is 0 Å². The molecule has 0 unspecified atom stereocenters. The number of aliphatic hydroxyl groups is 2. The van der Waals surface area contributed by atoms with E-state index >= 15 is 0 Å². The molecule has 152 valence electrons. The predicted molar refractivity (Wildman–Crippen MR) is 122 cm³/mol. The van der Waals surface area contributed by atoms with Crippen molar-refractivity contribution in [1.29, 1.82) is 0 Å². The van der Waals surface area contributed by atoms with Crippen molar-refractivity contribution in [1.82, 2.24) is 0 Å². The van der Waals surface area contributed by atoms with E-state index in [2.05, 4.69) is 61.5 Å². The van der Waals surface area contributed by atoms with Gasteiger partial charge in [0.05, 0.1) is 13.2 Å². The standard InChI is InChI=1S/C13H9.C4H10N.C2H6O2.CH3.2ClH.Si.Zr/c1-3-7-12-10(5-1)9-11-6-2-4-8-13(11)12;1-4(2,3)5;3-1-2-4;;;;;/h1-9H;5H,1-3H3;3-4H,1-2H2;1H3;2*1H;;/q2*-1;;-1;;;;. The van der Waals surface area contributed by atoms with Gasteiger partial charge in [0.15, 0.2) is 0 Å². The van der Waals surface area contributed by atoms with Gasteiger partial charge in [-0.2, -0.15) is 0 Å². The average Bonchev–Trinajstić information content (AvgIpc) is 2.94.